The SMILES string of the molecule is C=C(CC)c1cc(CC)ccn1. The Morgan fingerprint density at radius 1 is 1.50 bits per heavy atom. The number of nitrogens with zero attached hydrogens (tertiary/aromatic N) is 1. The third kappa shape index (κ3) is 1.94. The Bertz CT molecular complexity index is 276. The van der Waals surface area contributed by atoms with Gasteiger partial charge in [-0.2, -0.15) is 0 Å². The summed E-state index contributed by atoms with van der Waals surface area (Å²) in [6.45, 7) is 8.20. The summed E-state index contributed by atoms with van der Waals surface area (Å²) in [6.07, 6.45) is 3.89. The lowest BCUT2D eigenvalue weighted by Crippen LogP contribution is -1.89. The van der Waals surface area contributed by atoms with E-state index >= 15 is 0 Å². The highest BCUT2D eigenvalue weighted by atomic mass is 14.7. The molecule has 0 aliphatic heterocycles. The van der Waals surface area contributed by atoms with Crippen molar-refractivity contribution in [1.82, 2.24) is 4.98 Å². The van der Waals surface area contributed by atoms with Crippen LogP contribution in [0.1, 0.15) is 31.5 Å². The van der Waals surface area contributed by atoms with Crippen molar-refractivity contribution in [2.45, 2.75) is 26.7 Å². The minimum absolute atomic E-state index is 0.972. The lowest BCUT2D eigenvalue weighted by molar-refractivity contribution is 1.10. The number of hydrogen-bond acceptors (Lipinski definition) is 1. The summed E-state index contributed by atoms with van der Waals surface area (Å²) < 4.78 is 0. The number of aryl methyl sites for hydroxylation is 1. The Morgan fingerprint density at radius 3 is 2.83 bits per heavy atom. The Kier molecular flexibility index (Phi) is 3.03. The van der Waals surface area contributed by atoms with Crippen LogP contribution in [0.2, 0.25) is 0 Å². The first-order chi connectivity index (χ1) is 5.77. The maximum Gasteiger partial charge on any atom is 0.0658 e. The van der Waals surface area contributed by atoms with Crippen LogP contribution < -0.4 is 0 Å². The number of aromatic nitrogens is 1. The molecule has 0 spiro atoms. The Hall–Kier alpha value is -1.11. The fourth-order valence-electron chi connectivity index (χ4n) is 1.07. The molecule has 0 N–H and O–H groups in total. The van der Waals surface area contributed by atoms with Gasteiger partial charge in [-0.15, -0.1) is 0 Å². The smallest absolute Gasteiger partial charge is 0.0658 e. The van der Waals surface area contributed by atoms with E-state index in [9.17, 15) is 0 Å². The van der Waals surface area contributed by atoms with Gasteiger partial charge in [-0.1, -0.05) is 20.4 Å². The van der Waals surface area contributed by atoms with E-state index in [4.69, 9.17) is 0 Å². The van der Waals surface area contributed by atoms with Crippen molar-refractivity contribution in [3.05, 3.63) is 36.2 Å². The highest BCUT2D eigenvalue weighted by Crippen LogP contribution is 2.14. The maximum atomic E-state index is 4.26. The number of rotatable bonds is 3. The van der Waals surface area contributed by atoms with Crippen LogP contribution in [0.15, 0.2) is 24.9 Å². The zero-order valence-electron chi connectivity index (χ0n) is 7.80. The topological polar surface area (TPSA) is 12.9 Å². The van der Waals surface area contributed by atoms with E-state index in [0.29, 0.717) is 0 Å². The van der Waals surface area contributed by atoms with Gasteiger partial charge in [-0.3, -0.25) is 4.98 Å². The van der Waals surface area contributed by atoms with E-state index in [1.165, 1.54) is 5.56 Å². The van der Waals surface area contributed by atoms with Gasteiger partial charge in [0.05, 0.1) is 5.69 Å². The second kappa shape index (κ2) is 4.05. The predicted molar refractivity (Wildman–Crippen MR) is 52.9 cm³/mol. The summed E-state index contributed by atoms with van der Waals surface area (Å²) in [5.41, 5.74) is 3.48. The monoisotopic (exact) mass is 161 g/mol. The molecule has 0 aliphatic rings. The Labute approximate surface area is 74.2 Å². The van der Waals surface area contributed by atoms with Gasteiger partial charge in [-0.25, -0.2) is 0 Å². The molecule has 0 fully saturated rings. The third-order valence-electron chi connectivity index (χ3n) is 2.02. The van der Waals surface area contributed by atoms with Gasteiger partial charge in [0.2, 0.25) is 0 Å². The summed E-state index contributed by atoms with van der Waals surface area (Å²) in [7, 11) is 0. The standard InChI is InChI=1S/C11H15N/c1-4-9(3)11-8-10(5-2)6-7-12-11/h6-8H,3-5H2,1-2H3. The van der Waals surface area contributed by atoms with Crippen molar-refractivity contribution in [3.8, 4) is 0 Å². The summed E-state index contributed by atoms with van der Waals surface area (Å²) in [5.74, 6) is 0. The molecule has 1 aromatic heterocycles. The lowest BCUT2D eigenvalue weighted by Gasteiger charge is -2.02. The van der Waals surface area contributed by atoms with Crippen LogP contribution in [0.25, 0.3) is 5.57 Å². The summed E-state index contributed by atoms with van der Waals surface area (Å²) in [4.78, 5) is 4.26. The van der Waals surface area contributed by atoms with Gasteiger partial charge in [0, 0.05) is 6.20 Å². The molecule has 0 radical (unpaired) electrons. The molecule has 1 heterocycles. The molecule has 12 heavy (non-hydrogen) atoms. The molecule has 0 unspecified atom stereocenters. The minimum atomic E-state index is 0.972. The van der Waals surface area contributed by atoms with Crippen molar-refractivity contribution >= 4 is 5.57 Å². The van der Waals surface area contributed by atoms with Crippen LogP contribution in [0.3, 0.4) is 0 Å². The Balaban J connectivity index is 2.93. The molecule has 64 valence electrons. The van der Waals surface area contributed by atoms with Crippen molar-refractivity contribution in [2.75, 3.05) is 0 Å². The van der Waals surface area contributed by atoms with Crippen molar-refractivity contribution in [2.24, 2.45) is 0 Å². The fraction of sp³-hybridized carbons (Fsp3) is 0.364. The molecular weight excluding hydrogens is 146 g/mol. The average molecular weight is 161 g/mol. The van der Waals surface area contributed by atoms with E-state index in [1.807, 2.05) is 12.3 Å². The third-order valence-corrected chi connectivity index (χ3v) is 2.02. The molecule has 0 amide bonds. The molecule has 0 bridgehead atoms. The molecule has 0 saturated heterocycles. The lowest BCUT2D eigenvalue weighted by atomic mass is 10.1. The van der Waals surface area contributed by atoms with Crippen LogP contribution in [0.4, 0.5) is 0 Å². The number of pyridine rings is 1. The van der Waals surface area contributed by atoms with Gasteiger partial charge < -0.3 is 0 Å². The molecule has 0 atom stereocenters. The zero-order valence-corrected chi connectivity index (χ0v) is 7.80. The van der Waals surface area contributed by atoms with E-state index < -0.39 is 0 Å². The molecule has 1 aromatic rings. The van der Waals surface area contributed by atoms with E-state index in [-0.39, 0.29) is 0 Å². The minimum Gasteiger partial charge on any atom is -0.257 e. The van der Waals surface area contributed by atoms with Crippen LogP contribution in [0.5, 0.6) is 0 Å². The van der Waals surface area contributed by atoms with E-state index in [2.05, 4.69) is 31.5 Å². The van der Waals surface area contributed by atoms with Gasteiger partial charge in [0.25, 0.3) is 0 Å². The van der Waals surface area contributed by atoms with Crippen LogP contribution >= 0.6 is 0 Å². The van der Waals surface area contributed by atoms with Crippen LogP contribution in [-0.2, 0) is 6.42 Å². The maximum absolute atomic E-state index is 4.26. The van der Waals surface area contributed by atoms with Crippen molar-refractivity contribution < 1.29 is 0 Å². The predicted octanol–water partition coefficient (Wildman–Crippen LogP) is 3.07. The van der Waals surface area contributed by atoms with Crippen molar-refractivity contribution in [3.63, 3.8) is 0 Å². The summed E-state index contributed by atoms with van der Waals surface area (Å²) in [5, 5.41) is 0. The molecule has 1 rings (SSSR count). The van der Waals surface area contributed by atoms with Gasteiger partial charge in [0.1, 0.15) is 0 Å². The second-order valence-electron chi connectivity index (χ2n) is 2.86. The fourth-order valence-corrected chi connectivity index (χ4v) is 1.07. The summed E-state index contributed by atoms with van der Waals surface area (Å²) in [6, 6.07) is 4.16. The molecule has 0 aliphatic carbocycles. The number of hydrogen-bond donors (Lipinski definition) is 0. The first kappa shape index (κ1) is 8.98. The zero-order chi connectivity index (χ0) is 8.97. The average Bonchev–Trinajstić information content (AvgIpc) is 2.17. The number of allylic oxidation sites excluding steroid dienone is 1. The van der Waals surface area contributed by atoms with Gasteiger partial charge in [0.15, 0.2) is 0 Å². The van der Waals surface area contributed by atoms with Crippen LogP contribution in [-0.4, -0.2) is 4.98 Å². The van der Waals surface area contributed by atoms with E-state index in [1.54, 1.807) is 0 Å². The van der Waals surface area contributed by atoms with E-state index in [0.717, 1.165) is 24.1 Å². The first-order valence-corrected chi connectivity index (χ1v) is 4.41. The largest absolute Gasteiger partial charge is 0.257 e. The summed E-state index contributed by atoms with van der Waals surface area (Å²) >= 11 is 0. The van der Waals surface area contributed by atoms with Crippen molar-refractivity contribution in [1.29, 1.82) is 0 Å². The Morgan fingerprint density at radius 2 is 2.25 bits per heavy atom. The van der Waals surface area contributed by atoms with Gasteiger partial charge >= 0.3 is 0 Å². The highest BCUT2D eigenvalue weighted by molar-refractivity contribution is 5.59. The molecule has 0 saturated carbocycles. The second-order valence-corrected chi connectivity index (χ2v) is 2.86. The highest BCUT2D eigenvalue weighted by Gasteiger charge is 1.97. The molecule has 1 heteroatoms. The molecule has 1 nitrogen and oxygen atoms in total. The van der Waals surface area contributed by atoms with Gasteiger partial charge in [-0.05, 0) is 36.1 Å². The first-order valence-electron chi connectivity index (χ1n) is 4.41. The molecular formula is C11H15N. The normalized spacial score (nSPS) is 9.83. The molecule has 0 aromatic carbocycles. The van der Waals surface area contributed by atoms with Crippen LogP contribution in [0, 0.1) is 0 Å². The quantitative estimate of drug-likeness (QED) is 0.664.